The Morgan fingerprint density at radius 2 is 1.21 bits per heavy atom. The van der Waals surface area contributed by atoms with Gasteiger partial charge in [-0.1, -0.05) is 11.8 Å². The van der Waals surface area contributed by atoms with E-state index >= 15 is 0 Å². The van der Waals surface area contributed by atoms with Gasteiger partial charge in [-0.15, -0.1) is 0 Å². The van der Waals surface area contributed by atoms with Crippen molar-refractivity contribution < 1.29 is 0 Å². The Morgan fingerprint density at radius 3 is 1.50 bits per heavy atom. The molecule has 0 fully saturated rings. The van der Waals surface area contributed by atoms with Crippen LogP contribution in [-0.2, 0) is 0 Å². The van der Waals surface area contributed by atoms with Crippen molar-refractivity contribution in [2.75, 3.05) is 0 Å². The van der Waals surface area contributed by atoms with Gasteiger partial charge in [-0.3, -0.25) is 0 Å². The van der Waals surface area contributed by atoms with Crippen molar-refractivity contribution >= 4 is 77.0 Å². The Hall–Kier alpha value is 0.760. The van der Waals surface area contributed by atoms with Gasteiger partial charge in [0.15, 0.2) is 0 Å². The first-order chi connectivity index (χ1) is 6.69. The van der Waals surface area contributed by atoms with Crippen molar-refractivity contribution in [3.63, 3.8) is 0 Å². The molecule has 0 N–H and O–H groups in total. The third-order valence-electron chi connectivity index (χ3n) is 1.42. The lowest BCUT2D eigenvalue weighted by atomic mass is 10.1. The number of benzene rings is 1. The zero-order valence-electron chi connectivity index (χ0n) is 6.67. The third kappa shape index (κ3) is 3.41. The van der Waals surface area contributed by atoms with E-state index in [1.807, 2.05) is 12.1 Å². The van der Waals surface area contributed by atoms with E-state index < -0.39 is 0 Å². The van der Waals surface area contributed by atoms with Crippen molar-refractivity contribution in [2.45, 2.75) is 0 Å². The predicted molar refractivity (Wildman–Crippen MR) is 83.5 cm³/mol. The van der Waals surface area contributed by atoms with E-state index in [-0.39, 0.29) is 0 Å². The van der Waals surface area contributed by atoms with Crippen LogP contribution >= 0.6 is 77.0 Å². The Labute approximate surface area is 127 Å². The standard InChI is InChI=1S/C10H2Br2I2/c11-3-1-7-5-10(14)8(2-4-12)6-9(7)13/h5-6H. The fraction of sp³-hybridized carbons (Fsp3) is 0. The van der Waals surface area contributed by atoms with Crippen LogP contribution in [0.3, 0.4) is 0 Å². The molecule has 0 saturated carbocycles. The zero-order valence-corrected chi connectivity index (χ0v) is 14.2. The van der Waals surface area contributed by atoms with Crippen LogP contribution in [0.4, 0.5) is 0 Å². The zero-order chi connectivity index (χ0) is 10.6. The van der Waals surface area contributed by atoms with E-state index in [4.69, 9.17) is 0 Å². The first-order valence-corrected chi connectivity index (χ1v) is 7.15. The van der Waals surface area contributed by atoms with Crippen LogP contribution in [0.15, 0.2) is 12.1 Å². The summed E-state index contributed by atoms with van der Waals surface area (Å²) in [5.74, 6) is 5.96. The van der Waals surface area contributed by atoms with Crippen LogP contribution in [0.5, 0.6) is 0 Å². The molecule has 0 unspecified atom stereocenters. The largest absolute Gasteiger partial charge is 0.0534 e. The van der Waals surface area contributed by atoms with Gasteiger partial charge >= 0.3 is 0 Å². The van der Waals surface area contributed by atoms with E-state index in [9.17, 15) is 0 Å². The summed E-state index contributed by atoms with van der Waals surface area (Å²) in [5.41, 5.74) is 2.04. The fourth-order valence-corrected chi connectivity index (χ4v) is 2.47. The number of halogens is 4. The molecule has 0 amide bonds. The second-order valence-electron chi connectivity index (χ2n) is 2.25. The van der Waals surface area contributed by atoms with E-state index in [0.29, 0.717) is 0 Å². The highest BCUT2D eigenvalue weighted by molar-refractivity contribution is 14.1. The minimum atomic E-state index is 1.02. The molecule has 0 aliphatic rings. The van der Waals surface area contributed by atoms with E-state index in [1.54, 1.807) is 0 Å². The minimum Gasteiger partial charge on any atom is -0.0534 e. The molecule has 0 atom stereocenters. The molecule has 0 nitrogen and oxygen atoms in total. The van der Waals surface area contributed by atoms with Gasteiger partial charge in [0.05, 0.1) is 0 Å². The Bertz CT molecular complexity index is 427. The van der Waals surface area contributed by atoms with Gasteiger partial charge in [0.25, 0.3) is 0 Å². The highest BCUT2D eigenvalue weighted by atomic mass is 127. The maximum Gasteiger partial charge on any atom is 0.0399 e. The average molecular weight is 536 g/mol. The van der Waals surface area contributed by atoms with Crippen LogP contribution in [0.2, 0.25) is 0 Å². The molecule has 70 valence electrons. The summed E-state index contributed by atoms with van der Waals surface area (Å²) < 4.78 is 2.22. The molecule has 0 aromatic heterocycles. The predicted octanol–water partition coefficient (Wildman–Crippen LogP) is 4.30. The average Bonchev–Trinajstić information content (AvgIpc) is 2.14. The molecule has 1 aromatic rings. The molecular formula is C10H2Br2I2. The summed E-state index contributed by atoms with van der Waals surface area (Å²) >= 11 is 10.7. The maximum absolute atomic E-state index is 3.09. The monoisotopic (exact) mass is 534 g/mol. The molecule has 0 saturated heterocycles. The van der Waals surface area contributed by atoms with Crippen LogP contribution in [-0.4, -0.2) is 0 Å². The van der Waals surface area contributed by atoms with E-state index in [1.165, 1.54) is 0 Å². The molecular weight excluding hydrogens is 534 g/mol. The molecule has 14 heavy (non-hydrogen) atoms. The van der Waals surface area contributed by atoms with Crippen molar-refractivity contribution in [2.24, 2.45) is 0 Å². The molecule has 1 rings (SSSR count). The second kappa shape index (κ2) is 6.37. The summed E-state index contributed by atoms with van der Waals surface area (Å²) in [6, 6.07) is 4.06. The SMILES string of the molecule is BrC#Cc1cc(I)c(C#CBr)cc1I. The Kier molecular flexibility index (Phi) is 5.83. The molecule has 4 heteroatoms. The van der Waals surface area contributed by atoms with Gasteiger partial charge in [-0.2, -0.15) is 0 Å². The van der Waals surface area contributed by atoms with Crippen LogP contribution in [0, 0.1) is 28.6 Å². The van der Waals surface area contributed by atoms with Crippen LogP contribution in [0.1, 0.15) is 11.1 Å². The molecule has 0 radical (unpaired) electrons. The van der Waals surface area contributed by atoms with Crippen molar-refractivity contribution in [3.8, 4) is 21.5 Å². The smallest absolute Gasteiger partial charge is 0.0399 e. The van der Waals surface area contributed by atoms with E-state index in [0.717, 1.165) is 18.3 Å². The second-order valence-corrected chi connectivity index (χ2v) is 5.37. The Morgan fingerprint density at radius 1 is 0.857 bits per heavy atom. The molecule has 0 heterocycles. The van der Waals surface area contributed by atoms with Gasteiger partial charge < -0.3 is 0 Å². The van der Waals surface area contributed by atoms with Gasteiger partial charge in [-0.25, -0.2) is 0 Å². The number of hydrogen-bond donors (Lipinski definition) is 0. The topological polar surface area (TPSA) is 0 Å². The Balaban J connectivity index is 3.33. The summed E-state index contributed by atoms with van der Waals surface area (Å²) in [5, 5.41) is 0. The minimum absolute atomic E-state index is 1.02. The van der Waals surface area contributed by atoms with Gasteiger partial charge in [0, 0.05) is 50.1 Å². The number of rotatable bonds is 0. The molecule has 0 aliphatic carbocycles. The number of hydrogen-bond acceptors (Lipinski definition) is 0. The first kappa shape index (κ1) is 12.8. The van der Waals surface area contributed by atoms with E-state index in [2.05, 4.69) is 98.5 Å². The van der Waals surface area contributed by atoms with Gasteiger partial charge in [0.1, 0.15) is 0 Å². The van der Waals surface area contributed by atoms with Crippen LogP contribution < -0.4 is 0 Å². The molecule has 0 aliphatic heterocycles. The fourth-order valence-electron chi connectivity index (χ4n) is 0.840. The van der Waals surface area contributed by atoms with Crippen molar-refractivity contribution in [1.82, 2.24) is 0 Å². The lowest BCUT2D eigenvalue weighted by Crippen LogP contribution is -1.88. The quantitative estimate of drug-likeness (QED) is 0.343. The van der Waals surface area contributed by atoms with Crippen molar-refractivity contribution in [3.05, 3.63) is 30.4 Å². The molecule has 0 spiro atoms. The van der Waals surface area contributed by atoms with Gasteiger partial charge in [-0.05, 0) is 67.0 Å². The van der Waals surface area contributed by atoms with Gasteiger partial charge in [0.2, 0.25) is 0 Å². The third-order valence-corrected chi connectivity index (χ3v) is 3.60. The summed E-state index contributed by atoms with van der Waals surface area (Å²) in [6.07, 6.45) is 0. The lowest BCUT2D eigenvalue weighted by molar-refractivity contribution is 1.51. The highest BCUT2D eigenvalue weighted by Crippen LogP contribution is 2.19. The molecule has 1 aromatic carbocycles. The molecule has 0 bridgehead atoms. The van der Waals surface area contributed by atoms with Crippen LogP contribution in [0.25, 0.3) is 0 Å². The summed E-state index contributed by atoms with van der Waals surface area (Å²) in [7, 11) is 0. The summed E-state index contributed by atoms with van der Waals surface area (Å²) in [4.78, 5) is 5.43. The lowest BCUT2D eigenvalue weighted by Gasteiger charge is -2.00. The summed E-state index contributed by atoms with van der Waals surface area (Å²) in [6.45, 7) is 0. The normalized spacial score (nSPS) is 8.29. The maximum atomic E-state index is 3.09. The van der Waals surface area contributed by atoms with Crippen molar-refractivity contribution in [1.29, 1.82) is 0 Å². The highest BCUT2D eigenvalue weighted by Gasteiger charge is 2.02. The first-order valence-electron chi connectivity index (χ1n) is 3.41.